The summed E-state index contributed by atoms with van der Waals surface area (Å²) in [4.78, 5) is 0. The molecular formula is C12H12O4. The number of phenolic OH excluding ortho intramolecular Hbond substituents is 1. The quantitative estimate of drug-likeness (QED) is 0.568. The highest BCUT2D eigenvalue weighted by Gasteiger charge is 2.24. The number of benzene rings is 1. The Hall–Kier alpha value is -1.78. The molecule has 4 N–H and O–H groups in total. The van der Waals surface area contributed by atoms with Crippen molar-refractivity contribution in [3.05, 3.63) is 47.7 Å². The van der Waals surface area contributed by atoms with Gasteiger partial charge in [-0.25, -0.2) is 0 Å². The van der Waals surface area contributed by atoms with E-state index in [2.05, 4.69) is 0 Å². The van der Waals surface area contributed by atoms with Gasteiger partial charge in [0.1, 0.15) is 23.7 Å². The van der Waals surface area contributed by atoms with Gasteiger partial charge in [-0.15, -0.1) is 0 Å². The highest BCUT2D eigenvalue weighted by Crippen LogP contribution is 2.28. The third kappa shape index (κ3) is 1.93. The van der Waals surface area contributed by atoms with E-state index in [1.165, 1.54) is 18.2 Å². The van der Waals surface area contributed by atoms with Crippen LogP contribution in [-0.2, 0) is 0 Å². The van der Waals surface area contributed by atoms with Crippen molar-refractivity contribution in [2.75, 3.05) is 0 Å². The van der Waals surface area contributed by atoms with E-state index in [9.17, 15) is 20.4 Å². The van der Waals surface area contributed by atoms with Gasteiger partial charge in [0.05, 0.1) is 0 Å². The highest BCUT2D eigenvalue weighted by atomic mass is 16.3. The molecule has 1 aromatic carbocycles. The number of aromatic hydroxyl groups is 1. The molecule has 0 heterocycles. The number of allylic oxidation sites excluding steroid dienone is 1. The van der Waals surface area contributed by atoms with Gasteiger partial charge in [-0.1, -0.05) is 12.1 Å². The molecule has 0 fully saturated rings. The van der Waals surface area contributed by atoms with E-state index in [1.807, 2.05) is 0 Å². The number of phenols is 1. The largest absolute Gasteiger partial charge is 0.508 e. The summed E-state index contributed by atoms with van der Waals surface area (Å²) in [5.41, 5.74) is 0.939. The summed E-state index contributed by atoms with van der Waals surface area (Å²) in [6.07, 6.45) is 0.295. The molecule has 1 aliphatic rings. The number of aliphatic hydroxyl groups excluding tert-OH is 3. The Kier molecular flexibility index (Phi) is 2.68. The SMILES string of the molecule is OC1=CC(O)C(O)C(c2cccc(O)c2)=C1. The van der Waals surface area contributed by atoms with Crippen molar-refractivity contribution < 1.29 is 20.4 Å². The molecule has 2 atom stereocenters. The second-order valence-electron chi connectivity index (χ2n) is 3.68. The predicted molar refractivity (Wildman–Crippen MR) is 58.8 cm³/mol. The Morgan fingerprint density at radius 3 is 2.50 bits per heavy atom. The Balaban J connectivity index is 2.44. The van der Waals surface area contributed by atoms with Crippen molar-refractivity contribution in [1.29, 1.82) is 0 Å². The second-order valence-corrected chi connectivity index (χ2v) is 3.68. The molecule has 16 heavy (non-hydrogen) atoms. The van der Waals surface area contributed by atoms with Gasteiger partial charge in [0, 0.05) is 0 Å². The van der Waals surface area contributed by atoms with Gasteiger partial charge in [-0.2, -0.15) is 0 Å². The Labute approximate surface area is 92.4 Å². The number of hydrogen-bond donors (Lipinski definition) is 4. The minimum absolute atomic E-state index is 0.0640. The molecule has 2 unspecified atom stereocenters. The lowest BCUT2D eigenvalue weighted by atomic mass is 9.92. The van der Waals surface area contributed by atoms with Crippen molar-refractivity contribution in [3.8, 4) is 5.75 Å². The Bertz CT molecular complexity index is 462. The summed E-state index contributed by atoms with van der Waals surface area (Å²) in [5.74, 6) is -0.0368. The first-order valence-corrected chi connectivity index (χ1v) is 4.86. The van der Waals surface area contributed by atoms with Crippen molar-refractivity contribution >= 4 is 5.57 Å². The van der Waals surface area contributed by atoms with Gasteiger partial charge >= 0.3 is 0 Å². The lowest BCUT2D eigenvalue weighted by Crippen LogP contribution is -2.28. The van der Waals surface area contributed by atoms with E-state index in [0.29, 0.717) is 11.1 Å². The van der Waals surface area contributed by atoms with Crippen LogP contribution in [0.3, 0.4) is 0 Å². The summed E-state index contributed by atoms with van der Waals surface area (Å²) >= 11 is 0. The minimum atomic E-state index is -1.14. The lowest BCUT2D eigenvalue weighted by Gasteiger charge is -2.22. The molecule has 0 amide bonds. The molecule has 4 heteroatoms. The van der Waals surface area contributed by atoms with Gasteiger partial charge in [-0.05, 0) is 35.4 Å². The number of aliphatic hydroxyl groups is 3. The molecule has 0 saturated heterocycles. The van der Waals surface area contributed by atoms with Crippen LogP contribution in [0.15, 0.2) is 42.2 Å². The standard InChI is InChI=1S/C12H12O4/c13-8-3-1-2-7(4-8)10-5-9(14)6-11(15)12(10)16/h1-6,11-16H. The first kappa shape index (κ1) is 10.7. The summed E-state index contributed by atoms with van der Waals surface area (Å²) in [6.45, 7) is 0. The average molecular weight is 220 g/mol. The molecule has 4 nitrogen and oxygen atoms in total. The molecule has 0 bridgehead atoms. The van der Waals surface area contributed by atoms with Crippen LogP contribution in [0.1, 0.15) is 5.56 Å². The van der Waals surface area contributed by atoms with E-state index in [1.54, 1.807) is 12.1 Å². The zero-order valence-corrected chi connectivity index (χ0v) is 8.41. The fourth-order valence-electron chi connectivity index (χ4n) is 1.68. The summed E-state index contributed by atoms with van der Waals surface area (Å²) in [6, 6.07) is 6.27. The Morgan fingerprint density at radius 2 is 1.81 bits per heavy atom. The maximum absolute atomic E-state index is 9.74. The van der Waals surface area contributed by atoms with E-state index in [4.69, 9.17) is 0 Å². The molecule has 0 spiro atoms. The molecule has 1 aromatic rings. The van der Waals surface area contributed by atoms with Crippen LogP contribution in [-0.4, -0.2) is 32.6 Å². The lowest BCUT2D eigenvalue weighted by molar-refractivity contribution is 0.0827. The normalized spacial score (nSPS) is 24.9. The molecule has 2 rings (SSSR count). The fourth-order valence-corrected chi connectivity index (χ4v) is 1.68. The van der Waals surface area contributed by atoms with Gasteiger partial charge in [0.15, 0.2) is 0 Å². The van der Waals surface area contributed by atoms with Crippen LogP contribution in [0.2, 0.25) is 0 Å². The molecule has 0 radical (unpaired) electrons. The monoisotopic (exact) mass is 220 g/mol. The predicted octanol–water partition coefficient (Wildman–Crippen LogP) is 0.953. The molecule has 84 valence electrons. The first-order valence-electron chi connectivity index (χ1n) is 4.86. The Morgan fingerprint density at radius 1 is 1.06 bits per heavy atom. The minimum Gasteiger partial charge on any atom is -0.508 e. The third-order valence-electron chi connectivity index (χ3n) is 2.47. The van der Waals surface area contributed by atoms with E-state index in [0.717, 1.165) is 6.08 Å². The fraction of sp³-hybridized carbons (Fsp3) is 0.167. The van der Waals surface area contributed by atoms with Gasteiger partial charge in [-0.3, -0.25) is 0 Å². The van der Waals surface area contributed by atoms with E-state index in [-0.39, 0.29) is 11.5 Å². The topological polar surface area (TPSA) is 80.9 Å². The number of hydrogen-bond acceptors (Lipinski definition) is 4. The summed E-state index contributed by atoms with van der Waals surface area (Å²) in [7, 11) is 0. The molecule has 0 aliphatic heterocycles. The third-order valence-corrected chi connectivity index (χ3v) is 2.47. The zero-order chi connectivity index (χ0) is 11.7. The first-order chi connectivity index (χ1) is 7.58. The van der Waals surface area contributed by atoms with Crippen LogP contribution < -0.4 is 0 Å². The average Bonchev–Trinajstić information content (AvgIpc) is 2.23. The van der Waals surface area contributed by atoms with Gasteiger partial charge in [0.25, 0.3) is 0 Å². The van der Waals surface area contributed by atoms with Crippen LogP contribution >= 0.6 is 0 Å². The maximum Gasteiger partial charge on any atom is 0.116 e. The summed E-state index contributed by atoms with van der Waals surface area (Å²) < 4.78 is 0. The van der Waals surface area contributed by atoms with Crippen molar-refractivity contribution in [2.24, 2.45) is 0 Å². The maximum atomic E-state index is 9.74. The van der Waals surface area contributed by atoms with Gasteiger partial charge in [0.2, 0.25) is 0 Å². The van der Waals surface area contributed by atoms with Crippen LogP contribution in [0.25, 0.3) is 5.57 Å². The van der Waals surface area contributed by atoms with Crippen molar-refractivity contribution in [3.63, 3.8) is 0 Å². The van der Waals surface area contributed by atoms with Crippen molar-refractivity contribution in [1.82, 2.24) is 0 Å². The highest BCUT2D eigenvalue weighted by molar-refractivity contribution is 5.73. The summed E-state index contributed by atoms with van der Waals surface area (Å²) in [5, 5.41) is 37.9. The smallest absolute Gasteiger partial charge is 0.116 e. The van der Waals surface area contributed by atoms with Crippen LogP contribution in [0.4, 0.5) is 0 Å². The molecule has 0 saturated carbocycles. The number of rotatable bonds is 1. The van der Waals surface area contributed by atoms with Crippen LogP contribution in [0, 0.1) is 0 Å². The molecule has 1 aliphatic carbocycles. The molecular weight excluding hydrogens is 208 g/mol. The van der Waals surface area contributed by atoms with E-state index >= 15 is 0 Å². The van der Waals surface area contributed by atoms with E-state index < -0.39 is 12.2 Å². The van der Waals surface area contributed by atoms with Crippen LogP contribution in [0.5, 0.6) is 5.75 Å². The van der Waals surface area contributed by atoms with Crippen molar-refractivity contribution in [2.45, 2.75) is 12.2 Å². The van der Waals surface area contributed by atoms with Gasteiger partial charge < -0.3 is 20.4 Å². The second kappa shape index (κ2) is 4.00. The molecule has 0 aromatic heterocycles. The zero-order valence-electron chi connectivity index (χ0n) is 8.41.